The molecule has 1 atom stereocenters. The predicted molar refractivity (Wildman–Crippen MR) is 113 cm³/mol. The van der Waals surface area contributed by atoms with Gasteiger partial charge in [0.2, 0.25) is 0 Å². The molecule has 0 spiro atoms. The fraction of sp³-hybridized carbons (Fsp3) is 0.130. The minimum atomic E-state index is -0.784. The number of furan rings is 1. The summed E-state index contributed by atoms with van der Waals surface area (Å²) in [6.07, 6.45) is 0.115. The van der Waals surface area contributed by atoms with Crippen LogP contribution in [0.25, 0.3) is 5.69 Å². The Balaban J connectivity index is 1.55. The number of nitrogens with zero attached hydrogens (tertiary/aromatic N) is 4. The Labute approximate surface area is 178 Å². The second-order valence-electron chi connectivity index (χ2n) is 7.00. The molecule has 2 aromatic heterocycles. The summed E-state index contributed by atoms with van der Waals surface area (Å²) in [6.45, 7) is 1.89. The van der Waals surface area contributed by atoms with Gasteiger partial charge in [0.05, 0.1) is 17.7 Å². The molecule has 8 heteroatoms. The van der Waals surface area contributed by atoms with Gasteiger partial charge in [-0.2, -0.15) is 0 Å². The molecule has 31 heavy (non-hydrogen) atoms. The number of rotatable bonds is 4. The van der Waals surface area contributed by atoms with Gasteiger partial charge in [-0.05, 0) is 25.1 Å². The first-order chi connectivity index (χ1) is 15.2. The molecule has 1 N–H and O–H groups in total. The maximum Gasteiger partial charge on any atom is 0.409 e. The molecule has 1 amide bonds. The van der Waals surface area contributed by atoms with E-state index in [1.54, 1.807) is 12.1 Å². The number of carbonyl (C=O) groups excluding carboxylic acids is 1. The fourth-order valence-electron chi connectivity index (χ4n) is 3.59. The summed E-state index contributed by atoms with van der Waals surface area (Å²) in [5.74, 6) is 1.75. The van der Waals surface area contributed by atoms with Crippen molar-refractivity contribution in [2.24, 2.45) is 4.99 Å². The minimum absolute atomic E-state index is 0.0206. The molecule has 4 aromatic rings. The van der Waals surface area contributed by atoms with Crippen LogP contribution in [0.1, 0.15) is 34.7 Å². The van der Waals surface area contributed by atoms with Crippen LogP contribution >= 0.6 is 0 Å². The highest BCUT2D eigenvalue weighted by atomic mass is 16.6. The molecule has 5 rings (SSSR count). The number of hydrogen-bond donors (Lipinski definition) is 1. The highest BCUT2D eigenvalue weighted by molar-refractivity contribution is 6.15. The van der Waals surface area contributed by atoms with Crippen LogP contribution in [-0.2, 0) is 11.3 Å². The van der Waals surface area contributed by atoms with Crippen LogP contribution in [-0.4, -0.2) is 26.6 Å². The zero-order valence-corrected chi connectivity index (χ0v) is 16.7. The number of aryl methyl sites for hydroxylation is 1. The molecule has 0 saturated heterocycles. The number of ether oxygens (including phenoxy) is 1. The van der Waals surface area contributed by atoms with E-state index in [0.29, 0.717) is 17.4 Å². The second-order valence-corrected chi connectivity index (χ2v) is 7.00. The molecule has 3 heterocycles. The molecular formula is C23H19N5O3. The summed E-state index contributed by atoms with van der Waals surface area (Å²) in [7, 11) is 0. The zero-order valence-electron chi connectivity index (χ0n) is 16.7. The summed E-state index contributed by atoms with van der Waals surface area (Å²) >= 11 is 0. The summed E-state index contributed by atoms with van der Waals surface area (Å²) < 4.78 is 12.4. The van der Waals surface area contributed by atoms with Crippen molar-refractivity contribution in [3.63, 3.8) is 0 Å². The van der Waals surface area contributed by atoms with Crippen LogP contribution in [0.15, 0.2) is 82.4 Å². The first-order valence-electron chi connectivity index (χ1n) is 9.81. The first-order valence-corrected chi connectivity index (χ1v) is 9.81. The molecular weight excluding hydrogens is 394 g/mol. The highest BCUT2D eigenvalue weighted by Crippen LogP contribution is 2.29. The number of carbonyl (C=O) groups is 1. The Kier molecular flexibility index (Phi) is 4.80. The van der Waals surface area contributed by atoms with E-state index >= 15 is 0 Å². The number of aliphatic imine (C=N–C) groups is 1. The molecule has 0 fully saturated rings. The van der Waals surface area contributed by atoms with Gasteiger partial charge in [0.15, 0.2) is 18.6 Å². The smallest absolute Gasteiger partial charge is 0.409 e. The van der Waals surface area contributed by atoms with E-state index in [4.69, 9.17) is 14.1 Å². The van der Waals surface area contributed by atoms with Crippen molar-refractivity contribution in [2.75, 3.05) is 0 Å². The lowest BCUT2D eigenvalue weighted by Gasteiger charge is -2.14. The third-order valence-electron chi connectivity index (χ3n) is 4.98. The number of hydrogen-bond acceptors (Lipinski definition) is 6. The largest absolute Gasteiger partial charge is 0.466 e. The van der Waals surface area contributed by atoms with Crippen LogP contribution < -0.4 is 5.32 Å². The van der Waals surface area contributed by atoms with Crippen LogP contribution in [0.3, 0.4) is 0 Å². The van der Waals surface area contributed by atoms with E-state index in [1.165, 1.54) is 6.26 Å². The van der Waals surface area contributed by atoms with Crippen molar-refractivity contribution in [1.82, 2.24) is 20.1 Å². The number of fused-ring (bicyclic) bond motifs is 3. The van der Waals surface area contributed by atoms with Gasteiger partial charge in [-0.25, -0.2) is 4.79 Å². The van der Waals surface area contributed by atoms with E-state index in [1.807, 2.05) is 66.1 Å². The molecule has 0 saturated carbocycles. The third kappa shape index (κ3) is 3.59. The predicted octanol–water partition coefficient (Wildman–Crippen LogP) is 3.94. The lowest BCUT2D eigenvalue weighted by Crippen LogP contribution is -2.30. The van der Waals surface area contributed by atoms with Crippen molar-refractivity contribution in [3.8, 4) is 5.69 Å². The molecule has 8 nitrogen and oxygen atoms in total. The number of benzene rings is 2. The average molecular weight is 413 g/mol. The van der Waals surface area contributed by atoms with Crippen molar-refractivity contribution in [3.05, 3.63) is 102 Å². The van der Waals surface area contributed by atoms with Gasteiger partial charge in [0.25, 0.3) is 0 Å². The Morgan fingerprint density at radius 3 is 2.68 bits per heavy atom. The summed E-state index contributed by atoms with van der Waals surface area (Å²) in [5, 5.41) is 11.3. The summed E-state index contributed by atoms with van der Waals surface area (Å²) in [6, 6.07) is 21.2. The number of aromatic nitrogens is 3. The number of para-hydroxylation sites is 1. The summed E-state index contributed by atoms with van der Waals surface area (Å²) in [5.41, 5.74) is 3.50. The quantitative estimate of drug-likeness (QED) is 0.547. The number of amides is 1. The Morgan fingerprint density at radius 2 is 1.87 bits per heavy atom. The molecule has 1 unspecified atom stereocenters. The van der Waals surface area contributed by atoms with E-state index in [2.05, 4.69) is 15.5 Å². The third-order valence-corrected chi connectivity index (χ3v) is 4.98. The molecule has 0 radical (unpaired) electrons. The molecule has 1 aliphatic rings. The van der Waals surface area contributed by atoms with Crippen LogP contribution in [0.4, 0.5) is 4.79 Å². The van der Waals surface area contributed by atoms with Crippen LogP contribution in [0.2, 0.25) is 0 Å². The van der Waals surface area contributed by atoms with Gasteiger partial charge in [-0.3, -0.25) is 14.9 Å². The van der Waals surface area contributed by atoms with Crippen molar-refractivity contribution in [1.29, 1.82) is 0 Å². The topological polar surface area (TPSA) is 94.5 Å². The lowest BCUT2D eigenvalue weighted by molar-refractivity contribution is 0.127. The maximum absolute atomic E-state index is 12.5. The fourth-order valence-corrected chi connectivity index (χ4v) is 3.59. The van der Waals surface area contributed by atoms with Crippen LogP contribution in [0, 0.1) is 6.92 Å². The molecule has 0 bridgehead atoms. The Bertz CT molecular complexity index is 1250. The van der Waals surface area contributed by atoms with E-state index < -0.39 is 12.3 Å². The Morgan fingerprint density at radius 1 is 1.06 bits per heavy atom. The second kappa shape index (κ2) is 7.91. The van der Waals surface area contributed by atoms with Gasteiger partial charge >= 0.3 is 6.09 Å². The van der Waals surface area contributed by atoms with E-state index in [9.17, 15) is 4.79 Å². The minimum Gasteiger partial charge on any atom is -0.466 e. The SMILES string of the molecule is Cc1nnc2n1-c1ccccc1C(c1ccccc1)=NC2NC(=O)OCc1ccco1. The Hall–Kier alpha value is -4.20. The first kappa shape index (κ1) is 18.8. The lowest BCUT2D eigenvalue weighted by atomic mass is 10.0. The average Bonchev–Trinajstić information content (AvgIpc) is 3.43. The van der Waals surface area contributed by atoms with Crippen LogP contribution in [0.5, 0.6) is 0 Å². The van der Waals surface area contributed by atoms with Gasteiger partial charge in [-0.1, -0.05) is 48.5 Å². The molecule has 0 aliphatic carbocycles. The van der Waals surface area contributed by atoms with Gasteiger partial charge in [0.1, 0.15) is 11.6 Å². The van der Waals surface area contributed by atoms with E-state index in [-0.39, 0.29) is 6.61 Å². The molecule has 2 aromatic carbocycles. The van der Waals surface area contributed by atoms with Crippen molar-refractivity contribution < 1.29 is 13.9 Å². The maximum atomic E-state index is 12.5. The van der Waals surface area contributed by atoms with Crippen molar-refractivity contribution in [2.45, 2.75) is 19.7 Å². The standard InChI is InChI=1S/C23H19N5O3/c1-15-26-27-22-21(25-23(29)31-14-17-10-7-13-30-17)24-20(16-8-3-2-4-9-16)18-11-5-6-12-19(18)28(15)22/h2-13,21H,14H2,1H3,(H,25,29). The zero-order chi connectivity index (χ0) is 21.2. The normalized spacial score (nSPS) is 14.7. The van der Waals surface area contributed by atoms with Gasteiger partial charge in [0, 0.05) is 11.1 Å². The number of alkyl carbamates (subject to hydrolysis) is 1. The van der Waals surface area contributed by atoms with E-state index in [0.717, 1.165) is 22.5 Å². The van der Waals surface area contributed by atoms with Gasteiger partial charge < -0.3 is 9.15 Å². The summed E-state index contributed by atoms with van der Waals surface area (Å²) in [4.78, 5) is 17.4. The monoisotopic (exact) mass is 413 g/mol. The van der Waals surface area contributed by atoms with Crippen molar-refractivity contribution >= 4 is 11.8 Å². The number of nitrogens with one attached hydrogen (secondary N) is 1. The molecule has 154 valence electrons. The molecule has 1 aliphatic heterocycles. The highest BCUT2D eigenvalue weighted by Gasteiger charge is 2.29. The van der Waals surface area contributed by atoms with Gasteiger partial charge in [-0.15, -0.1) is 10.2 Å².